The fourth-order valence-corrected chi connectivity index (χ4v) is 2.88. The largest absolute Gasteiger partial charge is 0.493 e. The average Bonchev–Trinajstić information content (AvgIpc) is 2.60. The van der Waals surface area contributed by atoms with Crippen LogP contribution in [0.3, 0.4) is 0 Å². The molecule has 24 heavy (non-hydrogen) atoms. The fraction of sp³-hybridized carbons (Fsp3) is 0.278. The molecule has 0 radical (unpaired) electrons. The maximum atomic E-state index is 12.9. The Morgan fingerprint density at radius 2 is 1.79 bits per heavy atom. The lowest BCUT2D eigenvalue weighted by atomic mass is 10.1. The Bertz CT molecular complexity index is 691. The maximum Gasteiger partial charge on any atom is 0.230 e. The minimum absolute atomic E-state index is 0.0911. The van der Waals surface area contributed by atoms with Gasteiger partial charge in [-0.1, -0.05) is 6.07 Å². The Morgan fingerprint density at radius 3 is 2.42 bits per heavy atom. The fourth-order valence-electron chi connectivity index (χ4n) is 2.17. The second kappa shape index (κ2) is 8.59. The second-order valence-corrected chi connectivity index (χ2v) is 6.19. The number of ether oxygens (including phenoxy) is 2. The highest BCUT2D eigenvalue weighted by Gasteiger charge is 2.13. The number of carbonyl (C=O) groups is 1. The number of hydrogen-bond donors (Lipinski definition) is 1. The number of benzene rings is 2. The molecule has 0 heterocycles. The van der Waals surface area contributed by atoms with Gasteiger partial charge in [0.25, 0.3) is 0 Å². The molecule has 0 fully saturated rings. The molecule has 0 spiro atoms. The van der Waals surface area contributed by atoms with Gasteiger partial charge in [0.15, 0.2) is 11.5 Å². The van der Waals surface area contributed by atoms with Gasteiger partial charge in [-0.3, -0.25) is 4.79 Å². The summed E-state index contributed by atoms with van der Waals surface area (Å²) in [5.74, 6) is 1.16. The van der Waals surface area contributed by atoms with E-state index in [1.54, 1.807) is 26.4 Å². The number of methoxy groups -OCH3 is 2. The quantitative estimate of drug-likeness (QED) is 0.772. The summed E-state index contributed by atoms with van der Waals surface area (Å²) < 4.78 is 23.3. The van der Waals surface area contributed by atoms with E-state index in [-0.39, 0.29) is 23.5 Å². The minimum Gasteiger partial charge on any atom is -0.493 e. The molecule has 0 saturated heterocycles. The average molecular weight is 349 g/mol. The summed E-state index contributed by atoms with van der Waals surface area (Å²) in [6, 6.07) is 11.5. The minimum atomic E-state index is -0.286. The van der Waals surface area contributed by atoms with Crippen LogP contribution in [0.4, 0.5) is 4.39 Å². The van der Waals surface area contributed by atoms with E-state index in [2.05, 4.69) is 5.32 Å². The zero-order valence-corrected chi connectivity index (χ0v) is 14.7. The van der Waals surface area contributed by atoms with Crippen LogP contribution in [0.15, 0.2) is 47.4 Å². The Balaban J connectivity index is 1.92. The van der Waals surface area contributed by atoms with E-state index in [9.17, 15) is 9.18 Å². The zero-order valence-electron chi connectivity index (χ0n) is 13.8. The first-order chi connectivity index (χ1) is 11.5. The highest BCUT2D eigenvalue weighted by Crippen LogP contribution is 2.30. The molecule has 2 aromatic carbocycles. The first-order valence-electron chi connectivity index (χ1n) is 7.43. The Labute approximate surface area is 145 Å². The van der Waals surface area contributed by atoms with Gasteiger partial charge in [-0.15, -0.1) is 11.8 Å². The molecule has 1 N–H and O–H groups in total. The summed E-state index contributed by atoms with van der Waals surface area (Å²) in [6.45, 7) is 1.90. The van der Waals surface area contributed by atoms with Crippen LogP contribution in [-0.2, 0) is 4.79 Å². The third-order valence-corrected chi connectivity index (χ3v) is 4.48. The van der Waals surface area contributed by atoms with Crippen molar-refractivity contribution in [1.82, 2.24) is 5.32 Å². The maximum absolute atomic E-state index is 12.9. The van der Waals surface area contributed by atoms with Gasteiger partial charge in [-0.25, -0.2) is 4.39 Å². The number of nitrogens with one attached hydrogen (secondary N) is 1. The first kappa shape index (κ1) is 18.1. The molecule has 2 aromatic rings. The van der Waals surface area contributed by atoms with Crippen LogP contribution in [0.25, 0.3) is 0 Å². The molecule has 1 amide bonds. The van der Waals surface area contributed by atoms with E-state index in [0.717, 1.165) is 10.5 Å². The van der Waals surface area contributed by atoms with Crippen molar-refractivity contribution in [3.05, 3.63) is 53.8 Å². The van der Waals surface area contributed by atoms with Crippen molar-refractivity contribution in [2.75, 3.05) is 20.0 Å². The molecule has 0 bridgehead atoms. The van der Waals surface area contributed by atoms with Crippen molar-refractivity contribution in [2.24, 2.45) is 0 Å². The lowest BCUT2D eigenvalue weighted by Crippen LogP contribution is -2.28. The van der Waals surface area contributed by atoms with E-state index < -0.39 is 0 Å². The third kappa shape index (κ3) is 4.89. The molecular formula is C18H20FNO3S. The van der Waals surface area contributed by atoms with Crippen LogP contribution in [-0.4, -0.2) is 25.9 Å². The molecule has 0 aliphatic carbocycles. The Hall–Kier alpha value is -2.21. The summed E-state index contributed by atoms with van der Waals surface area (Å²) in [7, 11) is 3.15. The molecule has 0 aromatic heterocycles. The van der Waals surface area contributed by atoms with Gasteiger partial charge in [0.2, 0.25) is 5.91 Å². The second-order valence-electron chi connectivity index (χ2n) is 5.15. The zero-order chi connectivity index (χ0) is 17.5. The predicted molar refractivity (Wildman–Crippen MR) is 93.2 cm³/mol. The van der Waals surface area contributed by atoms with Gasteiger partial charge in [-0.05, 0) is 48.9 Å². The SMILES string of the molecule is COc1ccc(C(C)NC(=O)CSc2ccc(F)cc2)cc1OC. The van der Waals surface area contributed by atoms with Gasteiger partial charge >= 0.3 is 0 Å². The summed E-state index contributed by atoms with van der Waals surface area (Å²) in [5, 5.41) is 2.94. The lowest BCUT2D eigenvalue weighted by molar-refractivity contribution is -0.119. The number of halogens is 1. The first-order valence-corrected chi connectivity index (χ1v) is 8.41. The van der Waals surface area contributed by atoms with Gasteiger partial charge < -0.3 is 14.8 Å². The molecule has 0 aliphatic heterocycles. The van der Waals surface area contributed by atoms with E-state index >= 15 is 0 Å². The summed E-state index contributed by atoms with van der Waals surface area (Å²) in [5.41, 5.74) is 0.924. The van der Waals surface area contributed by atoms with E-state index in [1.807, 2.05) is 25.1 Å². The van der Waals surface area contributed by atoms with Crippen LogP contribution >= 0.6 is 11.8 Å². The lowest BCUT2D eigenvalue weighted by Gasteiger charge is -2.16. The van der Waals surface area contributed by atoms with Gasteiger partial charge in [0.1, 0.15) is 5.82 Å². The van der Waals surface area contributed by atoms with Crippen molar-refractivity contribution >= 4 is 17.7 Å². The summed E-state index contributed by atoms with van der Waals surface area (Å²) >= 11 is 1.36. The van der Waals surface area contributed by atoms with Crippen LogP contribution in [0.2, 0.25) is 0 Å². The van der Waals surface area contributed by atoms with Crippen LogP contribution in [0.1, 0.15) is 18.5 Å². The number of hydrogen-bond acceptors (Lipinski definition) is 4. The number of rotatable bonds is 7. The molecule has 6 heteroatoms. The van der Waals surface area contributed by atoms with Crippen molar-refractivity contribution in [3.8, 4) is 11.5 Å². The van der Waals surface area contributed by atoms with Crippen molar-refractivity contribution < 1.29 is 18.7 Å². The topological polar surface area (TPSA) is 47.6 Å². The van der Waals surface area contributed by atoms with E-state index in [1.165, 1.54) is 23.9 Å². The molecule has 0 saturated carbocycles. The number of carbonyl (C=O) groups excluding carboxylic acids is 1. The highest BCUT2D eigenvalue weighted by atomic mass is 32.2. The molecule has 2 rings (SSSR count). The van der Waals surface area contributed by atoms with Crippen LogP contribution < -0.4 is 14.8 Å². The van der Waals surface area contributed by atoms with Crippen molar-refractivity contribution in [1.29, 1.82) is 0 Å². The Morgan fingerprint density at radius 1 is 1.12 bits per heavy atom. The molecule has 4 nitrogen and oxygen atoms in total. The number of thioether (sulfide) groups is 1. The monoisotopic (exact) mass is 349 g/mol. The predicted octanol–water partition coefficient (Wildman–Crippen LogP) is 3.81. The van der Waals surface area contributed by atoms with Crippen LogP contribution in [0.5, 0.6) is 11.5 Å². The number of amides is 1. The van der Waals surface area contributed by atoms with E-state index in [0.29, 0.717) is 11.5 Å². The Kier molecular flexibility index (Phi) is 6.49. The highest BCUT2D eigenvalue weighted by molar-refractivity contribution is 8.00. The molecular weight excluding hydrogens is 329 g/mol. The van der Waals surface area contributed by atoms with Gasteiger partial charge in [-0.2, -0.15) is 0 Å². The van der Waals surface area contributed by atoms with Crippen molar-refractivity contribution in [3.63, 3.8) is 0 Å². The third-order valence-electron chi connectivity index (χ3n) is 3.47. The molecule has 1 unspecified atom stereocenters. The van der Waals surface area contributed by atoms with Crippen molar-refractivity contribution in [2.45, 2.75) is 17.9 Å². The molecule has 0 aliphatic rings. The van der Waals surface area contributed by atoms with Gasteiger partial charge in [0.05, 0.1) is 26.0 Å². The molecule has 1 atom stereocenters. The molecule has 128 valence electrons. The van der Waals surface area contributed by atoms with E-state index in [4.69, 9.17) is 9.47 Å². The summed E-state index contributed by atoms with van der Waals surface area (Å²) in [4.78, 5) is 12.9. The van der Waals surface area contributed by atoms with Gasteiger partial charge in [0, 0.05) is 4.90 Å². The van der Waals surface area contributed by atoms with Crippen LogP contribution in [0, 0.1) is 5.82 Å². The standard InChI is InChI=1S/C18H20FNO3S/c1-12(13-4-9-16(22-2)17(10-13)23-3)20-18(21)11-24-15-7-5-14(19)6-8-15/h4-10,12H,11H2,1-3H3,(H,20,21). The smallest absolute Gasteiger partial charge is 0.230 e. The summed E-state index contributed by atoms with van der Waals surface area (Å²) in [6.07, 6.45) is 0. The normalized spacial score (nSPS) is 11.7.